The zero-order valence-corrected chi connectivity index (χ0v) is 19.2. The molecule has 0 atom stereocenters. The van der Waals surface area contributed by atoms with Crippen molar-refractivity contribution >= 4 is 44.4 Å². The molecule has 3 rings (SSSR count). The fourth-order valence-corrected chi connectivity index (χ4v) is 5.08. The van der Waals surface area contributed by atoms with Gasteiger partial charge in [-0.1, -0.05) is 18.2 Å². The molecule has 6 nitrogen and oxygen atoms in total. The molecule has 1 heterocycles. The van der Waals surface area contributed by atoms with Crippen LogP contribution in [0.1, 0.15) is 38.5 Å². The van der Waals surface area contributed by atoms with Crippen molar-refractivity contribution in [2.45, 2.75) is 38.5 Å². The molecule has 0 bridgehead atoms. The van der Waals surface area contributed by atoms with Crippen LogP contribution in [0.2, 0.25) is 0 Å². The van der Waals surface area contributed by atoms with Crippen LogP contribution in [0.4, 0.5) is 11.4 Å². The van der Waals surface area contributed by atoms with E-state index in [1.54, 1.807) is 6.07 Å². The molecule has 1 amide bonds. The van der Waals surface area contributed by atoms with E-state index in [4.69, 9.17) is 0 Å². The number of carbonyl (C=O) groups is 2. The zero-order chi connectivity index (χ0) is 22.6. The highest BCUT2D eigenvalue weighted by Crippen LogP contribution is 2.24. The minimum atomic E-state index is -3.76. The quantitative estimate of drug-likeness (QED) is 0.463. The van der Waals surface area contributed by atoms with Crippen LogP contribution in [0.3, 0.4) is 0 Å². The minimum absolute atomic E-state index is 0.0595. The Kier molecular flexibility index (Phi) is 6.92. The van der Waals surface area contributed by atoms with Crippen LogP contribution < -0.4 is 10.0 Å². The molecular weight excluding hydrogens is 432 g/mol. The number of amides is 1. The fraction of sp³-hybridized carbons (Fsp3) is 0.217. The first-order chi connectivity index (χ1) is 14.7. The van der Waals surface area contributed by atoms with E-state index in [1.807, 2.05) is 45.0 Å². The van der Waals surface area contributed by atoms with Gasteiger partial charge in [-0.15, -0.1) is 11.3 Å². The summed E-state index contributed by atoms with van der Waals surface area (Å²) >= 11 is 1.41. The summed E-state index contributed by atoms with van der Waals surface area (Å²) in [5, 5.41) is 2.70. The maximum absolute atomic E-state index is 12.7. The third-order valence-corrected chi connectivity index (χ3v) is 7.17. The lowest BCUT2D eigenvalue weighted by Crippen LogP contribution is -2.15. The van der Waals surface area contributed by atoms with Gasteiger partial charge in [-0.3, -0.25) is 14.3 Å². The SMILES string of the molecule is Cc1ccc(C(=O)CCC(=O)Nc2ccc(S(=O)(=O)Nc3c(C)cccc3C)cc2)s1. The Balaban J connectivity index is 1.60. The van der Waals surface area contributed by atoms with E-state index in [-0.39, 0.29) is 29.4 Å². The van der Waals surface area contributed by atoms with Gasteiger partial charge in [-0.05, 0) is 68.3 Å². The Bertz CT molecular complexity index is 1190. The average molecular weight is 457 g/mol. The molecule has 0 aliphatic rings. The summed E-state index contributed by atoms with van der Waals surface area (Å²) in [6.45, 7) is 5.61. The van der Waals surface area contributed by atoms with Gasteiger partial charge in [0, 0.05) is 23.4 Å². The fourth-order valence-electron chi connectivity index (χ4n) is 3.04. The van der Waals surface area contributed by atoms with Crippen molar-refractivity contribution in [2.75, 3.05) is 10.0 Å². The monoisotopic (exact) mass is 456 g/mol. The van der Waals surface area contributed by atoms with Gasteiger partial charge in [0.05, 0.1) is 15.5 Å². The van der Waals surface area contributed by atoms with Crippen molar-refractivity contribution in [1.82, 2.24) is 0 Å². The molecule has 1 aromatic heterocycles. The number of hydrogen-bond acceptors (Lipinski definition) is 5. The number of rotatable bonds is 8. The summed E-state index contributed by atoms with van der Waals surface area (Å²) in [6.07, 6.45) is 0.182. The van der Waals surface area contributed by atoms with Crippen molar-refractivity contribution < 1.29 is 18.0 Å². The molecule has 0 aliphatic carbocycles. The minimum Gasteiger partial charge on any atom is -0.326 e. The van der Waals surface area contributed by atoms with Gasteiger partial charge in [0.25, 0.3) is 10.0 Å². The van der Waals surface area contributed by atoms with Crippen LogP contribution in [0.15, 0.2) is 59.5 Å². The number of carbonyl (C=O) groups excluding carboxylic acids is 2. The first-order valence-electron chi connectivity index (χ1n) is 9.74. The van der Waals surface area contributed by atoms with E-state index in [9.17, 15) is 18.0 Å². The van der Waals surface area contributed by atoms with Crippen molar-refractivity contribution in [1.29, 1.82) is 0 Å². The maximum atomic E-state index is 12.7. The number of nitrogens with one attached hydrogen (secondary N) is 2. The van der Waals surface area contributed by atoms with Crippen LogP contribution in [-0.4, -0.2) is 20.1 Å². The number of ketones is 1. The van der Waals surface area contributed by atoms with Crippen LogP contribution in [-0.2, 0) is 14.8 Å². The van der Waals surface area contributed by atoms with Crippen LogP contribution >= 0.6 is 11.3 Å². The molecule has 31 heavy (non-hydrogen) atoms. The summed E-state index contributed by atoms with van der Waals surface area (Å²) in [5.74, 6) is -0.363. The maximum Gasteiger partial charge on any atom is 0.261 e. The Morgan fingerprint density at radius 1 is 0.871 bits per heavy atom. The lowest BCUT2D eigenvalue weighted by Gasteiger charge is -2.13. The lowest BCUT2D eigenvalue weighted by atomic mass is 10.1. The number of benzene rings is 2. The van der Waals surface area contributed by atoms with Gasteiger partial charge in [0.2, 0.25) is 5.91 Å². The van der Waals surface area contributed by atoms with Crippen molar-refractivity contribution in [3.05, 3.63) is 75.5 Å². The van der Waals surface area contributed by atoms with E-state index in [0.29, 0.717) is 16.3 Å². The molecule has 0 saturated heterocycles. The molecule has 3 aromatic rings. The molecule has 0 saturated carbocycles. The van der Waals surface area contributed by atoms with Gasteiger partial charge in [-0.2, -0.15) is 0 Å². The Labute approximate surface area is 186 Å². The number of para-hydroxylation sites is 1. The second kappa shape index (κ2) is 9.45. The van der Waals surface area contributed by atoms with Crippen molar-refractivity contribution in [2.24, 2.45) is 0 Å². The van der Waals surface area contributed by atoms with Crippen LogP contribution in [0, 0.1) is 20.8 Å². The molecule has 2 aromatic carbocycles. The van der Waals surface area contributed by atoms with Gasteiger partial charge >= 0.3 is 0 Å². The van der Waals surface area contributed by atoms with E-state index in [0.717, 1.165) is 16.0 Å². The zero-order valence-electron chi connectivity index (χ0n) is 17.6. The lowest BCUT2D eigenvalue weighted by molar-refractivity contribution is -0.116. The number of sulfonamides is 1. The van der Waals surface area contributed by atoms with Crippen molar-refractivity contribution in [3.63, 3.8) is 0 Å². The molecular formula is C23H24N2O4S2. The highest BCUT2D eigenvalue weighted by Gasteiger charge is 2.17. The first kappa shape index (κ1) is 22.7. The second-order valence-corrected chi connectivity index (χ2v) is 10.2. The predicted molar refractivity (Wildman–Crippen MR) is 124 cm³/mol. The van der Waals surface area contributed by atoms with Gasteiger partial charge in [-0.25, -0.2) is 8.42 Å². The van der Waals surface area contributed by atoms with Crippen LogP contribution in [0.5, 0.6) is 0 Å². The normalized spacial score (nSPS) is 11.2. The molecule has 162 valence electrons. The van der Waals surface area contributed by atoms with E-state index in [1.165, 1.54) is 35.6 Å². The predicted octanol–water partition coefficient (Wildman–Crippen LogP) is 5.08. The Morgan fingerprint density at radius 3 is 2.10 bits per heavy atom. The summed E-state index contributed by atoms with van der Waals surface area (Å²) in [7, 11) is -3.76. The third-order valence-electron chi connectivity index (χ3n) is 4.76. The molecule has 0 unspecified atom stereocenters. The first-order valence-corrected chi connectivity index (χ1v) is 12.0. The van der Waals surface area contributed by atoms with E-state index in [2.05, 4.69) is 10.0 Å². The number of aryl methyl sites for hydroxylation is 3. The molecule has 0 spiro atoms. The number of Topliss-reactive ketones (excluding diaryl/α,β-unsaturated/α-hetero) is 1. The molecule has 0 radical (unpaired) electrons. The molecule has 8 heteroatoms. The molecule has 0 aliphatic heterocycles. The average Bonchev–Trinajstić information content (AvgIpc) is 3.16. The smallest absolute Gasteiger partial charge is 0.261 e. The highest BCUT2D eigenvalue weighted by atomic mass is 32.2. The van der Waals surface area contributed by atoms with Gasteiger partial charge in [0.1, 0.15) is 0 Å². The summed E-state index contributed by atoms with van der Waals surface area (Å²) < 4.78 is 28.1. The summed E-state index contributed by atoms with van der Waals surface area (Å²) in [4.78, 5) is 26.1. The summed E-state index contributed by atoms with van der Waals surface area (Å²) in [6, 6.07) is 15.1. The summed E-state index contributed by atoms with van der Waals surface area (Å²) in [5.41, 5.74) is 2.69. The topological polar surface area (TPSA) is 92.3 Å². The number of thiophene rings is 1. The standard InChI is InChI=1S/C23H24N2O4S2/c1-15-5-4-6-16(2)23(15)25-31(28,29)19-10-8-18(9-11-19)24-22(27)14-12-20(26)21-13-7-17(3)30-21/h4-11,13,25H,12,14H2,1-3H3,(H,24,27). The van der Waals surface area contributed by atoms with Crippen molar-refractivity contribution in [3.8, 4) is 0 Å². The van der Waals surface area contributed by atoms with E-state index < -0.39 is 10.0 Å². The highest BCUT2D eigenvalue weighted by molar-refractivity contribution is 7.92. The number of anilines is 2. The van der Waals surface area contributed by atoms with Gasteiger partial charge in [0.15, 0.2) is 5.78 Å². The Morgan fingerprint density at radius 2 is 1.52 bits per heavy atom. The van der Waals surface area contributed by atoms with Gasteiger partial charge < -0.3 is 5.32 Å². The third kappa shape index (κ3) is 5.80. The van der Waals surface area contributed by atoms with Crippen LogP contribution in [0.25, 0.3) is 0 Å². The largest absolute Gasteiger partial charge is 0.326 e. The number of hydrogen-bond donors (Lipinski definition) is 2. The molecule has 0 fully saturated rings. The second-order valence-electron chi connectivity index (χ2n) is 7.28. The van der Waals surface area contributed by atoms with E-state index >= 15 is 0 Å². The Hall–Kier alpha value is -2.97. The molecule has 2 N–H and O–H groups in total.